The van der Waals surface area contributed by atoms with Crippen molar-refractivity contribution >= 4 is 44.3 Å². The summed E-state index contributed by atoms with van der Waals surface area (Å²) >= 11 is 3.41. The lowest BCUT2D eigenvalue weighted by Gasteiger charge is -2.08. The number of aromatic nitrogens is 1. The largest absolute Gasteiger partial charge is 0.496 e. The van der Waals surface area contributed by atoms with Crippen molar-refractivity contribution in [2.75, 3.05) is 12.4 Å². The predicted octanol–water partition coefficient (Wildman–Crippen LogP) is 6.65. The summed E-state index contributed by atoms with van der Waals surface area (Å²) in [4.78, 5) is 27.0. The minimum atomic E-state index is -0.459. The van der Waals surface area contributed by atoms with Gasteiger partial charge in [-0.15, -0.1) is 0 Å². The number of carbonyl (C=O) groups is 2. The first-order valence-electron chi connectivity index (χ1n) is 10.7. The first-order valence-corrected chi connectivity index (χ1v) is 11.5. The molecule has 2 aromatic heterocycles. The molecular weight excluding hydrogens is 512 g/mol. The summed E-state index contributed by atoms with van der Waals surface area (Å²) in [6.07, 6.45) is 0. The standard InChI is InChI=1S/C27H19BrN2O5/c1-15-22(25(35-30-15)16-8-4-3-5-9-16)27(32)29-23-18-10-6-7-11-20(18)34-26(23)24(31)17-12-13-21(33-2)19(28)14-17/h3-14H,1-2H3,(H,29,32). The summed E-state index contributed by atoms with van der Waals surface area (Å²) in [5.74, 6) is 0.118. The van der Waals surface area contributed by atoms with Gasteiger partial charge >= 0.3 is 0 Å². The van der Waals surface area contributed by atoms with Crippen LogP contribution in [-0.4, -0.2) is 24.0 Å². The van der Waals surface area contributed by atoms with Gasteiger partial charge in [0.25, 0.3) is 5.91 Å². The van der Waals surface area contributed by atoms with Gasteiger partial charge in [0.15, 0.2) is 11.5 Å². The summed E-state index contributed by atoms with van der Waals surface area (Å²) in [5.41, 5.74) is 2.56. The number of carbonyl (C=O) groups excluding carboxylic acids is 2. The van der Waals surface area contributed by atoms with Crippen molar-refractivity contribution in [2.24, 2.45) is 0 Å². The van der Waals surface area contributed by atoms with E-state index in [-0.39, 0.29) is 22.8 Å². The molecule has 174 valence electrons. The Bertz CT molecular complexity index is 1570. The molecule has 3 aromatic carbocycles. The van der Waals surface area contributed by atoms with E-state index in [4.69, 9.17) is 13.7 Å². The van der Waals surface area contributed by atoms with Crippen molar-refractivity contribution in [3.63, 3.8) is 0 Å². The quantitative estimate of drug-likeness (QED) is 0.247. The number of methoxy groups -OCH3 is 1. The topological polar surface area (TPSA) is 94.6 Å². The van der Waals surface area contributed by atoms with Crippen molar-refractivity contribution < 1.29 is 23.3 Å². The lowest BCUT2D eigenvalue weighted by molar-refractivity contribution is 0.101. The Hall–Kier alpha value is -4.17. The molecule has 0 atom stereocenters. The highest BCUT2D eigenvalue weighted by Gasteiger charge is 2.27. The van der Waals surface area contributed by atoms with E-state index >= 15 is 0 Å². The van der Waals surface area contributed by atoms with Crippen molar-refractivity contribution in [2.45, 2.75) is 6.92 Å². The summed E-state index contributed by atoms with van der Waals surface area (Å²) in [6, 6.07) is 21.4. The maximum atomic E-state index is 13.5. The van der Waals surface area contributed by atoms with E-state index in [1.54, 1.807) is 50.4 Å². The van der Waals surface area contributed by atoms with Crippen LogP contribution in [0.5, 0.6) is 5.75 Å². The molecule has 0 fully saturated rings. The summed E-state index contributed by atoms with van der Waals surface area (Å²) in [6.45, 7) is 1.69. The van der Waals surface area contributed by atoms with Gasteiger partial charge in [-0.05, 0) is 53.2 Å². The number of halogens is 1. The molecule has 0 saturated heterocycles. The summed E-state index contributed by atoms with van der Waals surface area (Å²) < 4.78 is 17.3. The highest BCUT2D eigenvalue weighted by molar-refractivity contribution is 9.10. The highest BCUT2D eigenvalue weighted by atomic mass is 79.9. The summed E-state index contributed by atoms with van der Waals surface area (Å²) in [7, 11) is 1.55. The number of ether oxygens (including phenoxy) is 1. The number of para-hydroxylation sites is 1. The Morgan fingerprint density at radius 1 is 1.00 bits per heavy atom. The van der Waals surface area contributed by atoms with Crippen LogP contribution in [0, 0.1) is 6.92 Å². The van der Waals surface area contributed by atoms with Crippen LogP contribution in [0.3, 0.4) is 0 Å². The highest BCUT2D eigenvalue weighted by Crippen LogP contribution is 2.35. The van der Waals surface area contributed by atoms with Crippen LogP contribution in [0.25, 0.3) is 22.3 Å². The SMILES string of the molecule is COc1ccc(C(=O)c2oc3ccccc3c2NC(=O)c2c(C)noc2-c2ccccc2)cc1Br. The lowest BCUT2D eigenvalue weighted by atomic mass is 10.0. The molecular formula is C27H19BrN2O5. The van der Waals surface area contributed by atoms with E-state index in [1.807, 2.05) is 36.4 Å². The van der Waals surface area contributed by atoms with Crippen LogP contribution < -0.4 is 10.1 Å². The third kappa shape index (κ3) is 4.13. The lowest BCUT2D eigenvalue weighted by Crippen LogP contribution is -2.15. The number of benzene rings is 3. The monoisotopic (exact) mass is 530 g/mol. The fraction of sp³-hybridized carbons (Fsp3) is 0.0741. The minimum absolute atomic E-state index is 0.0204. The van der Waals surface area contributed by atoms with Gasteiger partial charge in [-0.25, -0.2) is 0 Å². The van der Waals surface area contributed by atoms with Crippen molar-refractivity contribution in [1.82, 2.24) is 5.16 Å². The van der Waals surface area contributed by atoms with Crippen molar-refractivity contribution in [3.8, 4) is 17.1 Å². The Morgan fingerprint density at radius 3 is 2.49 bits per heavy atom. The van der Waals surface area contributed by atoms with Gasteiger partial charge in [0.1, 0.15) is 16.9 Å². The van der Waals surface area contributed by atoms with E-state index in [9.17, 15) is 9.59 Å². The third-order valence-corrected chi connectivity index (χ3v) is 6.20. The fourth-order valence-electron chi connectivity index (χ4n) is 3.87. The fourth-order valence-corrected chi connectivity index (χ4v) is 4.41. The number of anilines is 1. The summed E-state index contributed by atoms with van der Waals surface area (Å²) in [5, 5.41) is 7.48. The van der Waals surface area contributed by atoms with Crippen LogP contribution in [-0.2, 0) is 0 Å². The number of hydrogen-bond donors (Lipinski definition) is 1. The number of ketones is 1. The zero-order chi connectivity index (χ0) is 24.5. The first-order chi connectivity index (χ1) is 17.0. The van der Waals surface area contributed by atoms with E-state index in [1.165, 1.54) is 0 Å². The second-order valence-electron chi connectivity index (χ2n) is 7.77. The molecule has 0 aliphatic heterocycles. The Balaban J connectivity index is 1.58. The smallest absolute Gasteiger partial charge is 0.261 e. The first kappa shape index (κ1) is 22.6. The number of furan rings is 1. The molecule has 2 heterocycles. The van der Waals surface area contributed by atoms with Gasteiger partial charge in [0, 0.05) is 16.5 Å². The molecule has 5 aromatic rings. The minimum Gasteiger partial charge on any atom is -0.496 e. The predicted molar refractivity (Wildman–Crippen MR) is 135 cm³/mol. The molecule has 0 bridgehead atoms. The van der Waals surface area contributed by atoms with Gasteiger partial charge in [-0.3, -0.25) is 9.59 Å². The van der Waals surface area contributed by atoms with E-state index in [2.05, 4.69) is 26.4 Å². The molecule has 1 amide bonds. The molecule has 7 nitrogen and oxygen atoms in total. The van der Waals surface area contributed by atoms with Crippen LogP contribution in [0.15, 0.2) is 86.2 Å². The number of rotatable bonds is 6. The zero-order valence-corrected chi connectivity index (χ0v) is 20.4. The average Bonchev–Trinajstić information content (AvgIpc) is 3.44. The van der Waals surface area contributed by atoms with Gasteiger partial charge in [0.2, 0.25) is 5.78 Å². The molecule has 0 aliphatic rings. The molecule has 0 radical (unpaired) electrons. The molecule has 0 aliphatic carbocycles. The average molecular weight is 531 g/mol. The molecule has 0 spiro atoms. The van der Waals surface area contributed by atoms with E-state index < -0.39 is 5.91 Å². The van der Waals surface area contributed by atoms with Gasteiger partial charge in [0.05, 0.1) is 23.0 Å². The van der Waals surface area contributed by atoms with Crippen LogP contribution in [0.1, 0.15) is 32.2 Å². The molecule has 35 heavy (non-hydrogen) atoms. The number of amides is 1. The molecule has 5 rings (SSSR count). The van der Waals surface area contributed by atoms with E-state index in [0.29, 0.717) is 38.2 Å². The molecule has 1 N–H and O–H groups in total. The number of nitrogens with zero attached hydrogens (tertiary/aromatic N) is 1. The van der Waals surface area contributed by atoms with Crippen LogP contribution in [0.4, 0.5) is 5.69 Å². The molecule has 0 saturated carbocycles. The Labute approximate surface area is 208 Å². The van der Waals surface area contributed by atoms with Gasteiger partial charge < -0.3 is 19.0 Å². The van der Waals surface area contributed by atoms with Crippen molar-refractivity contribution in [1.29, 1.82) is 0 Å². The molecule has 8 heteroatoms. The number of aryl methyl sites for hydroxylation is 1. The maximum absolute atomic E-state index is 13.5. The molecule has 0 unspecified atom stereocenters. The maximum Gasteiger partial charge on any atom is 0.261 e. The van der Waals surface area contributed by atoms with E-state index in [0.717, 1.165) is 5.56 Å². The second-order valence-corrected chi connectivity index (χ2v) is 8.63. The number of fused-ring (bicyclic) bond motifs is 1. The number of nitrogens with one attached hydrogen (secondary N) is 1. The zero-order valence-electron chi connectivity index (χ0n) is 18.8. The van der Waals surface area contributed by atoms with Crippen LogP contribution in [0.2, 0.25) is 0 Å². The normalized spacial score (nSPS) is 10.9. The van der Waals surface area contributed by atoms with Gasteiger partial charge in [-0.1, -0.05) is 47.6 Å². The second kappa shape index (κ2) is 9.23. The van der Waals surface area contributed by atoms with Crippen LogP contribution >= 0.6 is 15.9 Å². The van der Waals surface area contributed by atoms with Gasteiger partial charge in [-0.2, -0.15) is 0 Å². The Morgan fingerprint density at radius 2 is 1.74 bits per heavy atom. The Kier molecular flexibility index (Phi) is 5.96. The number of hydrogen-bond acceptors (Lipinski definition) is 6. The third-order valence-electron chi connectivity index (χ3n) is 5.58. The van der Waals surface area contributed by atoms with Crippen molar-refractivity contribution in [3.05, 3.63) is 99.9 Å².